The second-order valence-electron chi connectivity index (χ2n) is 7.91. The van der Waals surface area contributed by atoms with Crippen molar-refractivity contribution in [2.45, 2.75) is 25.0 Å². The highest BCUT2D eigenvalue weighted by atomic mass is 16.5. The zero-order valence-corrected chi connectivity index (χ0v) is 16.0. The molecular weight excluding hydrogens is 352 g/mol. The van der Waals surface area contributed by atoms with Crippen LogP contribution in [0.15, 0.2) is 60.7 Å². The Hall–Kier alpha value is -3.34. The van der Waals surface area contributed by atoms with Gasteiger partial charge in [0.2, 0.25) is 5.72 Å². The van der Waals surface area contributed by atoms with E-state index in [0.29, 0.717) is 11.4 Å². The van der Waals surface area contributed by atoms with E-state index < -0.39 is 5.72 Å². The molecule has 5 nitrogen and oxygen atoms in total. The molecule has 5 rings (SSSR count). The Morgan fingerprint density at radius 1 is 0.857 bits per heavy atom. The summed E-state index contributed by atoms with van der Waals surface area (Å²) in [6, 6.07) is 16.9. The first-order valence-electron chi connectivity index (χ1n) is 9.31. The maximum absolute atomic E-state index is 10.2. The standard InChI is InChI=1S/C23H22N2O3/c1-22(2)16-7-4-5-8-18(16)24(3)23(22)14-13-15-17(9-6-10-19(15)28-23)25-20(26)11-12-21(25)27/h4-14,26-27H,1-3H3. The van der Waals surface area contributed by atoms with Crippen LogP contribution in [0.5, 0.6) is 17.5 Å². The number of benzene rings is 2. The van der Waals surface area contributed by atoms with Gasteiger partial charge in [-0.15, -0.1) is 0 Å². The largest absolute Gasteiger partial charge is 0.494 e. The number of hydrogen-bond donors (Lipinski definition) is 2. The number of fused-ring (bicyclic) bond motifs is 2. The summed E-state index contributed by atoms with van der Waals surface area (Å²) in [7, 11) is 2.05. The van der Waals surface area contributed by atoms with Gasteiger partial charge in [-0.1, -0.05) is 24.3 Å². The Morgan fingerprint density at radius 2 is 1.54 bits per heavy atom. The number of para-hydroxylation sites is 1. The van der Waals surface area contributed by atoms with Crippen LogP contribution in [-0.4, -0.2) is 27.6 Å². The molecule has 0 saturated heterocycles. The third kappa shape index (κ3) is 1.91. The van der Waals surface area contributed by atoms with Crippen LogP contribution in [0.2, 0.25) is 0 Å². The molecule has 1 atom stereocenters. The lowest BCUT2D eigenvalue weighted by molar-refractivity contribution is 0.0581. The molecule has 3 heterocycles. The van der Waals surface area contributed by atoms with Crippen molar-refractivity contribution in [2.24, 2.45) is 0 Å². The first-order valence-corrected chi connectivity index (χ1v) is 9.31. The molecule has 0 aliphatic carbocycles. The lowest BCUT2D eigenvalue weighted by Gasteiger charge is -2.46. The molecule has 2 N–H and O–H groups in total. The summed E-state index contributed by atoms with van der Waals surface area (Å²) in [5.41, 5.74) is 2.93. The van der Waals surface area contributed by atoms with Gasteiger partial charge >= 0.3 is 0 Å². The van der Waals surface area contributed by atoms with E-state index in [-0.39, 0.29) is 17.2 Å². The average molecular weight is 374 g/mol. The van der Waals surface area contributed by atoms with Gasteiger partial charge in [0, 0.05) is 30.4 Å². The Labute approximate surface area is 163 Å². The summed E-state index contributed by atoms with van der Waals surface area (Å²) in [6.45, 7) is 4.39. The Balaban J connectivity index is 1.68. The van der Waals surface area contributed by atoms with Crippen molar-refractivity contribution in [1.29, 1.82) is 0 Å². The number of ether oxygens (including phenoxy) is 1. The first kappa shape index (κ1) is 16.8. The summed E-state index contributed by atoms with van der Waals surface area (Å²) >= 11 is 0. The molecule has 0 bridgehead atoms. The van der Waals surface area contributed by atoms with E-state index in [9.17, 15) is 10.2 Å². The Morgan fingerprint density at radius 3 is 2.25 bits per heavy atom. The highest BCUT2D eigenvalue weighted by Crippen LogP contribution is 2.54. The van der Waals surface area contributed by atoms with Crippen LogP contribution in [0.1, 0.15) is 25.0 Å². The maximum Gasteiger partial charge on any atom is 0.211 e. The van der Waals surface area contributed by atoms with Gasteiger partial charge in [0.1, 0.15) is 5.75 Å². The SMILES string of the molecule is CN1c2ccccc2C(C)(C)C12C=Cc1c(cccc1-n1c(O)ccc1O)O2. The van der Waals surface area contributed by atoms with Crippen molar-refractivity contribution in [2.75, 3.05) is 11.9 Å². The van der Waals surface area contributed by atoms with Crippen molar-refractivity contribution in [3.05, 3.63) is 71.8 Å². The van der Waals surface area contributed by atoms with E-state index in [1.807, 2.05) is 30.3 Å². The molecule has 0 radical (unpaired) electrons. The van der Waals surface area contributed by atoms with E-state index in [2.05, 4.69) is 50.1 Å². The van der Waals surface area contributed by atoms with Crippen LogP contribution < -0.4 is 9.64 Å². The van der Waals surface area contributed by atoms with Crippen molar-refractivity contribution in [1.82, 2.24) is 4.57 Å². The van der Waals surface area contributed by atoms with Gasteiger partial charge in [-0.3, -0.25) is 4.57 Å². The van der Waals surface area contributed by atoms with Crippen molar-refractivity contribution in [3.63, 3.8) is 0 Å². The van der Waals surface area contributed by atoms with Crippen LogP contribution in [0, 0.1) is 0 Å². The third-order valence-electron chi connectivity index (χ3n) is 6.20. The lowest BCUT2D eigenvalue weighted by atomic mass is 9.76. The monoisotopic (exact) mass is 374 g/mol. The van der Waals surface area contributed by atoms with E-state index in [1.54, 1.807) is 0 Å². The van der Waals surface area contributed by atoms with Crippen LogP contribution in [-0.2, 0) is 5.41 Å². The molecular formula is C23H22N2O3. The molecule has 3 aromatic rings. The number of anilines is 1. The van der Waals surface area contributed by atoms with Crippen LogP contribution in [0.4, 0.5) is 5.69 Å². The molecule has 142 valence electrons. The lowest BCUT2D eigenvalue weighted by Crippen LogP contribution is -2.58. The summed E-state index contributed by atoms with van der Waals surface area (Å²) < 4.78 is 8.08. The Kier molecular flexibility index (Phi) is 3.21. The minimum Gasteiger partial charge on any atom is -0.494 e. The molecule has 1 aromatic heterocycles. The molecule has 5 heteroatoms. The molecule has 0 fully saturated rings. The second-order valence-corrected chi connectivity index (χ2v) is 7.91. The zero-order valence-electron chi connectivity index (χ0n) is 16.0. The highest BCUT2D eigenvalue weighted by molar-refractivity contribution is 5.75. The predicted molar refractivity (Wildman–Crippen MR) is 109 cm³/mol. The Bertz CT molecular complexity index is 1110. The molecule has 28 heavy (non-hydrogen) atoms. The van der Waals surface area contributed by atoms with Gasteiger partial charge in [-0.05, 0) is 49.8 Å². The van der Waals surface area contributed by atoms with Crippen LogP contribution in [0.3, 0.4) is 0 Å². The van der Waals surface area contributed by atoms with Crippen LogP contribution >= 0.6 is 0 Å². The van der Waals surface area contributed by atoms with Gasteiger partial charge in [-0.25, -0.2) is 0 Å². The van der Waals surface area contributed by atoms with Crippen molar-refractivity contribution in [3.8, 4) is 23.2 Å². The zero-order chi connectivity index (χ0) is 19.7. The maximum atomic E-state index is 10.2. The van der Waals surface area contributed by atoms with Crippen molar-refractivity contribution >= 4 is 11.8 Å². The van der Waals surface area contributed by atoms with E-state index in [4.69, 9.17) is 4.74 Å². The summed E-state index contributed by atoms with van der Waals surface area (Å²) in [5, 5.41) is 20.3. The summed E-state index contributed by atoms with van der Waals surface area (Å²) in [6.07, 6.45) is 4.10. The fourth-order valence-corrected chi connectivity index (χ4v) is 4.65. The molecule has 2 aromatic carbocycles. The number of rotatable bonds is 1. The van der Waals surface area contributed by atoms with Gasteiger partial charge in [0.15, 0.2) is 11.8 Å². The third-order valence-corrected chi connectivity index (χ3v) is 6.20. The molecule has 1 unspecified atom stereocenters. The minimum atomic E-state index is -0.664. The van der Waals surface area contributed by atoms with E-state index in [0.717, 1.165) is 11.3 Å². The molecule has 2 aliphatic rings. The number of likely N-dealkylation sites (N-methyl/N-ethyl adjacent to an activating group) is 1. The fraction of sp³-hybridized carbons (Fsp3) is 0.217. The molecule has 0 amide bonds. The van der Waals surface area contributed by atoms with Gasteiger partial charge < -0.3 is 19.8 Å². The smallest absolute Gasteiger partial charge is 0.211 e. The molecule has 1 spiro atoms. The van der Waals surface area contributed by atoms with Crippen molar-refractivity contribution < 1.29 is 14.9 Å². The molecule has 0 saturated carbocycles. The van der Waals surface area contributed by atoms with Crippen LogP contribution in [0.25, 0.3) is 11.8 Å². The number of hydrogen-bond acceptors (Lipinski definition) is 4. The minimum absolute atomic E-state index is 0.0229. The van der Waals surface area contributed by atoms with Gasteiger partial charge in [0.05, 0.1) is 11.1 Å². The second kappa shape index (κ2) is 5.35. The number of aromatic nitrogens is 1. The first-order chi connectivity index (χ1) is 13.4. The summed E-state index contributed by atoms with van der Waals surface area (Å²) in [5.74, 6) is 0.663. The fourth-order valence-electron chi connectivity index (χ4n) is 4.65. The average Bonchev–Trinajstić information content (AvgIpc) is 3.10. The van der Waals surface area contributed by atoms with Gasteiger partial charge in [0.25, 0.3) is 0 Å². The summed E-state index contributed by atoms with van der Waals surface area (Å²) in [4.78, 5) is 2.18. The molecule has 2 aliphatic heterocycles. The number of aromatic hydroxyl groups is 2. The highest BCUT2D eigenvalue weighted by Gasteiger charge is 2.57. The topological polar surface area (TPSA) is 57.9 Å². The predicted octanol–water partition coefficient (Wildman–Crippen LogP) is 4.42. The number of nitrogens with zero attached hydrogens (tertiary/aromatic N) is 2. The van der Waals surface area contributed by atoms with E-state index in [1.165, 1.54) is 22.3 Å². The van der Waals surface area contributed by atoms with Gasteiger partial charge in [-0.2, -0.15) is 0 Å². The quantitative estimate of drug-likeness (QED) is 0.662. The normalized spacial score (nSPS) is 21.5. The van der Waals surface area contributed by atoms with E-state index >= 15 is 0 Å².